The summed E-state index contributed by atoms with van der Waals surface area (Å²) in [6, 6.07) is 3.36. The van der Waals surface area contributed by atoms with E-state index < -0.39 is 23.9 Å². The molecule has 3 amide bonds. The number of primary amides is 1. The molecule has 1 atom stereocenters. The van der Waals surface area contributed by atoms with Crippen molar-refractivity contribution in [3.8, 4) is 0 Å². The first-order chi connectivity index (χ1) is 9.79. The number of hydrogen-bond donors (Lipinski definition) is 4. The number of carbonyl (C=O) groups excluding carboxylic acids is 2. The average molecular weight is 358 g/mol. The van der Waals surface area contributed by atoms with Crippen LogP contribution in [0.1, 0.15) is 18.4 Å². The lowest BCUT2D eigenvalue weighted by molar-refractivity contribution is -0.139. The highest BCUT2D eigenvalue weighted by Crippen LogP contribution is 2.20. The summed E-state index contributed by atoms with van der Waals surface area (Å²) in [7, 11) is 0. The molecule has 21 heavy (non-hydrogen) atoms. The van der Waals surface area contributed by atoms with E-state index in [0.717, 1.165) is 10.0 Å². The van der Waals surface area contributed by atoms with Gasteiger partial charge < -0.3 is 21.5 Å². The molecular formula is C13H16BrN3O4. The topological polar surface area (TPSA) is 122 Å². The summed E-state index contributed by atoms with van der Waals surface area (Å²) in [5.74, 6) is -1.84. The summed E-state index contributed by atoms with van der Waals surface area (Å²) in [6.45, 7) is 1.90. The molecule has 0 aliphatic heterocycles. The van der Waals surface area contributed by atoms with Crippen molar-refractivity contribution >= 4 is 39.5 Å². The molecule has 1 aromatic rings. The van der Waals surface area contributed by atoms with Gasteiger partial charge in [-0.3, -0.25) is 4.79 Å². The smallest absolute Gasteiger partial charge is 0.326 e. The molecule has 7 nitrogen and oxygen atoms in total. The number of aryl methyl sites for hydroxylation is 1. The molecule has 0 aliphatic carbocycles. The van der Waals surface area contributed by atoms with E-state index in [-0.39, 0.29) is 12.8 Å². The molecule has 0 fully saturated rings. The molecule has 0 radical (unpaired) electrons. The molecule has 1 aromatic carbocycles. The minimum absolute atomic E-state index is 0.0598. The van der Waals surface area contributed by atoms with Crippen LogP contribution in [0.2, 0.25) is 0 Å². The molecule has 5 N–H and O–H groups in total. The number of rotatable bonds is 6. The van der Waals surface area contributed by atoms with E-state index in [1.54, 1.807) is 12.1 Å². The van der Waals surface area contributed by atoms with E-state index in [1.807, 2.05) is 13.0 Å². The van der Waals surface area contributed by atoms with Crippen LogP contribution in [0.15, 0.2) is 22.7 Å². The van der Waals surface area contributed by atoms with Crippen LogP contribution in [0.4, 0.5) is 10.5 Å². The van der Waals surface area contributed by atoms with Crippen molar-refractivity contribution in [2.75, 3.05) is 5.32 Å². The maximum atomic E-state index is 11.8. The Bertz CT molecular complexity index is 562. The zero-order chi connectivity index (χ0) is 16.0. The summed E-state index contributed by atoms with van der Waals surface area (Å²) in [5, 5.41) is 13.8. The van der Waals surface area contributed by atoms with E-state index in [1.165, 1.54) is 0 Å². The van der Waals surface area contributed by atoms with Crippen LogP contribution in [0.25, 0.3) is 0 Å². The second kappa shape index (κ2) is 7.63. The summed E-state index contributed by atoms with van der Waals surface area (Å²) in [6.07, 6.45) is -0.178. The lowest BCUT2D eigenvalue weighted by Gasteiger charge is -2.14. The molecule has 0 unspecified atom stereocenters. The average Bonchev–Trinajstić information content (AvgIpc) is 2.38. The van der Waals surface area contributed by atoms with Crippen molar-refractivity contribution in [3.63, 3.8) is 0 Å². The second-order valence-electron chi connectivity index (χ2n) is 4.46. The first-order valence-electron chi connectivity index (χ1n) is 6.14. The molecule has 0 saturated heterocycles. The Hall–Kier alpha value is -2.09. The fraction of sp³-hybridized carbons (Fsp3) is 0.308. The first-order valence-corrected chi connectivity index (χ1v) is 6.93. The fourth-order valence-corrected chi connectivity index (χ4v) is 1.92. The zero-order valence-corrected chi connectivity index (χ0v) is 12.9. The minimum atomic E-state index is -1.23. The summed E-state index contributed by atoms with van der Waals surface area (Å²) >= 11 is 3.33. The van der Waals surface area contributed by atoms with Gasteiger partial charge in [-0.15, -0.1) is 0 Å². The van der Waals surface area contributed by atoms with Gasteiger partial charge in [0, 0.05) is 16.6 Å². The highest BCUT2D eigenvalue weighted by Gasteiger charge is 2.20. The quantitative estimate of drug-likeness (QED) is 0.617. The van der Waals surface area contributed by atoms with Crippen molar-refractivity contribution < 1.29 is 19.5 Å². The van der Waals surface area contributed by atoms with Crippen LogP contribution < -0.4 is 16.4 Å². The molecule has 0 heterocycles. The molecule has 0 spiro atoms. The van der Waals surface area contributed by atoms with Crippen molar-refractivity contribution in [2.24, 2.45) is 5.73 Å². The lowest BCUT2D eigenvalue weighted by atomic mass is 10.1. The van der Waals surface area contributed by atoms with E-state index in [9.17, 15) is 14.4 Å². The van der Waals surface area contributed by atoms with E-state index in [2.05, 4.69) is 26.6 Å². The number of halogens is 1. The Morgan fingerprint density at radius 3 is 2.57 bits per heavy atom. The predicted octanol–water partition coefficient (Wildman–Crippen LogP) is 1.60. The molecule has 0 aromatic heterocycles. The van der Waals surface area contributed by atoms with Gasteiger partial charge in [0.2, 0.25) is 5.91 Å². The Morgan fingerprint density at radius 2 is 2.05 bits per heavy atom. The Labute approximate surface area is 130 Å². The normalized spacial score (nSPS) is 11.5. The van der Waals surface area contributed by atoms with Gasteiger partial charge in [-0.1, -0.05) is 22.0 Å². The number of carbonyl (C=O) groups is 3. The minimum Gasteiger partial charge on any atom is -0.480 e. The summed E-state index contributed by atoms with van der Waals surface area (Å²) in [4.78, 5) is 33.4. The SMILES string of the molecule is Cc1ccc(NC(=O)N[C@H](CCC(N)=O)C(=O)O)cc1Br. The number of nitrogens with two attached hydrogens (primary N) is 1. The van der Waals surface area contributed by atoms with Gasteiger partial charge >= 0.3 is 12.0 Å². The van der Waals surface area contributed by atoms with Gasteiger partial charge in [0.15, 0.2) is 0 Å². The molecule has 114 valence electrons. The maximum absolute atomic E-state index is 11.8. The zero-order valence-electron chi connectivity index (χ0n) is 11.4. The highest BCUT2D eigenvalue weighted by molar-refractivity contribution is 9.10. The molecule has 0 aliphatic rings. The molecule has 8 heteroatoms. The lowest BCUT2D eigenvalue weighted by Crippen LogP contribution is -2.43. The van der Waals surface area contributed by atoms with Crippen LogP contribution in [-0.4, -0.2) is 29.1 Å². The first kappa shape index (κ1) is 17.0. The number of benzene rings is 1. The Kier molecular flexibility index (Phi) is 6.16. The number of carboxylic acid groups (broad SMARTS) is 1. The van der Waals surface area contributed by atoms with Crippen LogP contribution in [0, 0.1) is 6.92 Å². The standard InChI is InChI=1S/C13H16BrN3O4/c1-7-2-3-8(6-9(7)14)16-13(21)17-10(12(19)20)4-5-11(15)18/h2-3,6,10H,4-5H2,1H3,(H2,15,18)(H,19,20)(H2,16,17,21)/t10-/m1/s1. The number of nitrogens with one attached hydrogen (secondary N) is 2. The second-order valence-corrected chi connectivity index (χ2v) is 5.31. The number of hydrogen-bond acceptors (Lipinski definition) is 3. The van der Waals surface area contributed by atoms with Crippen LogP contribution in [0.3, 0.4) is 0 Å². The number of amides is 3. The van der Waals surface area contributed by atoms with Crippen LogP contribution in [0.5, 0.6) is 0 Å². The van der Waals surface area contributed by atoms with Gasteiger partial charge in [-0.25, -0.2) is 9.59 Å². The van der Waals surface area contributed by atoms with Gasteiger partial charge in [-0.05, 0) is 31.0 Å². The van der Waals surface area contributed by atoms with Gasteiger partial charge in [-0.2, -0.15) is 0 Å². The van der Waals surface area contributed by atoms with Gasteiger partial charge in [0.1, 0.15) is 6.04 Å². The fourth-order valence-electron chi connectivity index (χ4n) is 1.54. The van der Waals surface area contributed by atoms with E-state index >= 15 is 0 Å². The van der Waals surface area contributed by atoms with Crippen molar-refractivity contribution in [1.82, 2.24) is 5.32 Å². The molecule has 1 rings (SSSR count). The van der Waals surface area contributed by atoms with E-state index in [0.29, 0.717) is 5.69 Å². The molecular weight excluding hydrogens is 342 g/mol. The van der Waals surface area contributed by atoms with Gasteiger partial charge in [0.25, 0.3) is 0 Å². The highest BCUT2D eigenvalue weighted by atomic mass is 79.9. The maximum Gasteiger partial charge on any atom is 0.326 e. The number of urea groups is 1. The van der Waals surface area contributed by atoms with Gasteiger partial charge in [0.05, 0.1) is 0 Å². The summed E-state index contributed by atoms with van der Waals surface area (Å²) in [5.41, 5.74) is 6.48. The summed E-state index contributed by atoms with van der Waals surface area (Å²) < 4.78 is 0.823. The largest absolute Gasteiger partial charge is 0.480 e. The third kappa shape index (κ3) is 5.82. The molecule has 0 bridgehead atoms. The predicted molar refractivity (Wildman–Crippen MR) is 80.9 cm³/mol. The Balaban J connectivity index is 2.62. The third-order valence-electron chi connectivity index (χ3n) is 2.71. The van der Waals surface area contributed by atoms with Crippen LogP contribution in [-0.2, 0) is 9.59 Å². The number of aliphatic carboxylic acids is 1. The van der Waals surface area contributed by atoms with Crippen LogP contribution >= 0.6 is 15.9 Å². The number of carboxylic acids is 1. The van der Waals surface area contributed by atoms with Crippen molar-refractivity contribution in [3.05, 3.63) is 28.2 Å². The molecule has 0 saturated carbocycles. The van der Waals surface area contributed by atoms with Crippen molar-refractivity contribution in [1.29, 1.82) is 0 Å². The van der Waals surface area contributed by atoms with E-state index in [4.69, 9.17) is 10.8 Å². The third-order valence-corrected chi connectivity index (χ3v) is 3.57. The van der Waals surface area contributed by atoms with Crippen molar-refractivity contribution in [2.45, 2.75) is 25.8 Å². The number of anilines is 1. The monoisotopic (exact) mass is 357 g/mol. The Morgan fingerprint density at radius 1 is 1.38 bits per heavy atom.